The molecule has 0 spiro atoms. The molecule has 1 N–H and O–H groups in total. The van der Waals surface area contributed by atoms with Crippen LogP contribution in [0.2, 0.25) is 0 Å². The molecule has 1 aliphatic rings. The zero-order chi connectivity index (χ0) is 20.5. The predicted molar refractivity (Wildman–Crippen MR) is 119 cm³/mol. The number of H-pyrrole nitrogens is 1. The highest BCUT2D eigenvalue weighted by Crippen LogP contribution is 2.33. The molecule has 4 aromatic heterocycles. The quantitative estimate of drug-likeness (QED) is 0.509. The van der Waals surface area contributed by atoms with E-state index in [1.807, 2.05) is 17.5 Å². The van der Waals surface area contributed by atoms with Gasteiger partial charge in [0, 0.05) is 27.7 Å². The molecule has 1 amide bonds. The minimum Gasteiger partial charge on any atom is -0.326 e. The molecule has 4 heterocycles. The van der Waals surface area contributed by atoms with Gasteiger partial charge >= 0.3 is 0 Å². The summed E-state index contributed by atoms with van der Waals surface area (Å²) in [6.07, 6.45) is 7.48. The predicted octanol–water partition coefficient (Wildman–Crippen LogP) is 4.16. The van der Waals surface area contributed by atoms with Crippen LogP contribution in [0.5, 0.6) is 0 Å². The number of aryl methyl sites for hydroxylation is 2. The van der Waals surface area contributed by atoms with Crippen LogP contribution in [-0.2, 0) is 25.9 Å². The molecule has 0 fully saturated rings. The zero-order valence-electron chi connectivity index (χ0n) is 16.3. The Morgan fingerprint density at radius 1 is 1.13 bits per heavy atom. The summed E-state index contributed by atoms with van der Waals surface area (Å²) < 4.78 is 0. The first-order valence-corrected chi connectivity index (χ1v) is 11.6. The number of aromatic amines is 1. The van der Waals surface area contributed by atoms with Gasteiger partial charge in [-0.1, -0.05) is 6.07 Å². The van der Waals surface area contributed by atoms with E-state index in [9.17, 15) is 9.59 Å². The molecule has 4 aromatic rings. The van der Waals surface area contributed by atoms with E-state index in [1.165, 1.54) is 16.9 Å². The largest absolute Gasteiger partial charge is 0.326 e. The van der Waals surface area contributed by atoms with Crippen molar-refractivity contribution in [2.45, 2.75) is 38.8 Å². The molecule has 8 heteroatoms. The van der Waals surface area contributed by atoms with E-state index in [4.69, 9.17) is 4.98 Å². The van der Waals surface area contributed by atoms with Crippen molar-refractivity contribution in [1.82, 2.24) is 19.9 Å². The maximum Gasteiger partial charge on any atom is 0.259 e. The summed E-state index contributed by atoms with van der Waals surface area (Å²) in [5.74, 6) is 0.407. The minimum absolute atomic E-state index is 0.0955. The fraction of sp³-hybridized carbons (Fsp3) is 0.273. The lowest BCUT2D eigenvalue weighted by molar-refractivity contribution is 0.0727. The summed E-state index contributed by atoms with van der Waals surface area (Å²) in [7, 11) is 0. The van der Waals surface area contributed by atoms with Crippen LogP contribution in [0.25, 0.3) is 10.2 Å². The minimum atomic E-state index is -0.112. The average Bonchev–Trinajstić information content (AvgIpc) is 3.40. The van der Waals surface area contributed by atoms with Gasteiger partial charge in [0.05, 0.1) is 18.5 Å². The van der Waals surface area contributed by atoms with E-state index in [1.54, 1.807) is 52.1 Å². The third-order valence-corrected chi connectivity index (χ3v) is 7.40. The van der Waals surface area contributed by atoms with E-state index in [0.29, 0.717) is 17.9 Å². The van der Waals surface area contributed by atoms with Gasteiger partial charge in [-0.15, -0.1) is 22.7 Å². The zero-order valence-corrected chi connectivity index (χ0v) is 17.9. The first-order valence-electron chi connectivity index (χ1n) is 9.94. The molecule has 0 radical (unpaired) electrons. The summed E-state index contributed by atoms with van der Waals surface area (Å²) >= 11 is 3.23. The van der Waals surface area contributed by atoms with Crippen LogP contribution in [-0.4, -0.2) is 25.8 Å². The van der Waals surface area contributed by atoms with E-state index in [2.05, 4.69) is 9.97 Å². The highest BCUT2D eigenvalue weighted by Gasteiger charge is 2.22. The van der Waals surface area contributed by atoms with Gasteiger partial charge in [0.25, 0.3) is 11.5 Å². The Hall–Kier alpha value is -2.84. The molecule has 30 heavy (non-hydrogen) atoms. The van der Waals surface area contributed by atoms with E-state index in [0.717, 1.165) is 34.4 Å². The Labute approximate surface area is 181 Å². The van der Waals surface area contributed by atoms with Gasteiger partial charge < -0.3 is 9.88 Å². The molecular formula is C22H20N4O2S2. The number of nitrogens with zero attached hydrogens (tertiary/aromatic N) is 3. The van der Waals surface area contributed by atoms with Crippen LogP contribution in [0.3, 0.4) is 0 Å². The molecule has 152 valence electrons. The maximum atomic E-state index is 13.2. The molecule has 0 aliphatic heterocycles. The van der Waals surface area contributed by atoms with Crippen LogP contribution >= 0.6 is 22.7 Å². The summed E-state index contributed by atoms with van der Waals surface area (Å²) in [5, 5.41) is 2.73. The van der Waals surface area contributed by atoms with Gasteiger partial charge in [0.15, 0.2) is 0 Å². The number of hydrogen-bond acceptors (Lipinski definition) is 6. The number of hydrogen-bond donors (Lipinski definition) is 1. The number of pyridine rings is 1. The number of rotatable bonds is 5. The van der Waals surface area contributed by atoms with Gasteiger partial charge in [-0.2, -0.15) is 0 Å². The Kier molecular flexibility index (Phi) is 5.18. The van der Waals surface area contributed by atoms with Gasteiger partial charge in [0.1, 0.15) is 10.7 Å². The van der Waals surface area contributed by atoms with E-state index < -0.39 is 0 Å². The molecule has 5 rings (SSSR count). The lowest BCUT2D eigenvalue weighted by Crippen LogP contribution is -2.31. The standard InChI is InChI=1S/C22H20N4O2S2/c27-20-19-16-5-1-2-6-17(16)30-21(19)25-18(24-20)13-26(12-15-4-3-11-29-15)22(28)14-7-9-23-10-8-14/h3-4,7-11H,1-2,5-6,12-13H2,(H,24,25,27). The molecular weight excluding hydrogens is 416 g/mol. The lowest BCUT2D eigenvalue weighted by atomic mass is 9.97. The van der Waals surface area contributed by atoms with Crippen molar-refractivity contribution in [3.05, 3.63) is 79.1 Å². The summed E-state index contributed by atoms with van der Waals surface area (Å²) in [5.41, 5.74) is 1.64. The number of fused-ring (bicyclic) bond motifs is 3. The van der Waals surface area contributed by atoms with Crippen molar-refractivity contribution in [1.29, 1.82) is 0 Å². The maximum absolute atomic E-state index is 13.2. The number of nitrogens with one attached hydrogen (secondary N) is 1. The summed E-state index contributed by atoms with van der Waals surface area (Å²) in [6, 6.07) is 7.38. The SMILES string of the molecule is O=C(c1ccncc1)N(Cc1nc2sc3c(c2c(=O)[nH]1)CCCC3)Cc1cccs1. The highest BCUT2D eigenvalue weighted by atomic mass is 32.1. The Bertz CT molecular complexity index is 1250. The second-order valence-corrected chi connectivity index (χ2v) is 9.50. The fourth-order valence-corrected chi connectivity index (χ4v) is 5.93. The van der Waals surface area contributed by atoms with E-state index >= 15 is 0 Å². The van der Waals surface area contributed by atoms with Crippen LogP contribution in [0.4, 0.5) is 0 Å². The van der Waals surface area contributed by atoms with Crippen molar-refractivity contribution in [2.75, 3.05) is 0 Å². The fourth-order valence-electron chi connectivity index (χ4n) is 3.93. The van der Waals surface area contributed by atoms with Gasteiger partial charge in [-0.05, 0) is 54.8 Å². The van der Waals surface area contributed by atoms with Gasteiger partial charge in [0.2, 0.25) is 0 Å². The van der Waals surface area contributed by atoms with E-state index in [-0.39, 0.29) is 18.0 Å². The molecule has 0 saturated carbocycles. The highest BCUT2D eigenvalue weighted by molar-refractivity contribution is 7.18. The number of thiophene rings is 2. The van der Waals surface area contributed by atoms with Crippen LogP contribution in [0.1, 0.15) is 44.3 Å². The van der Waals surface area contributed by atoms with Crippen molar-refractivity contribution in [3.63, 3.8) is 0 Å². The number of aromatic nitrogens is 3. The van der Waals surface area contributed by atoms with Crippen LogP contribution in [0, 0.1) is 0 Å². The smallest absolute Gasteiger partial charge is 0.259 e. The van der Waals surface area contributed by atoms with Gasteiger partial charge in [-0.3, -0.25) is 14.6 Å². The normalized spacial score (nSPS) is 13.3. The number of carbonyl (C=O) groups excluding carboxylic acids is 1. The third-order valence-electron chi connectivity index (χ3n) is 5.36. The van der Waals surface area contributed by atoms with Crippen LogP contribution in [0.15, 0.2) is 46.8 Å². The summed E-state index contributed by atoms with van der Waals surface area (Å²) in [6.45, 7) is 0.703. The molecule has 0 bridgehead atoms. The first-order chi connectivity index (χ1) is 14.7. The number of amides is 1. The van der Waals surface area contributed by atoms with Crippen molar-refractivity contribution >= 4 is 38.8 Å². The molecule has 0 saturated heterocycles. The monoisotopic (exact) mass is 436 g/mol. The summed E-state index contributed by atoms with van der Waals surface area (Å²) in [4.78, 5) is 42.6. The second kappa shape index (κ2) is 8.12. The third kappa shape index (κ3) is 3.68. The second-order valence-electron chi connectivity index (χ2n) is 7.38. The van der Waals surface area contributed by atoms with Crippen molar-refractivity contribution in [2.24, 2.45) is 0 Å². The Morgan fingerprint density at radius 2 is 1.97 bits per heavy atom. The Morgan fingerprint density at radius 3 is 2.77 bits per heavy atom. The topological polar surface area (TPSA) is 79.0 Å². The first kappa shape index (κ1) is 19.1. The Balaban J connectivity index is 1.50. The van der Waals surface area contributed by atoms with Crippen LogP contribution < -0.4 is 5.56 Å². The van der Waals surface area contributed by atoms with Crippen molar-refractivity contribution < 1.29 is 4.79 Å². The van der Waals surface area contributed by atoms with Gasteiger partial charge in [-0.25, -0.2) is 4.98 Å². The number of carbonyl (C=O) groups is 1. The lowest BCUT2D eigenvalue weighted by Gasteiger charge is -2.21. The average molecular weight is 437 g/mol. The van der Waals surface area contributed by atoms with Crippen molar-refractivity contribution in [3.8, 4) is 0 Å². The molecule has 0 unspecified atom stereocenters. The molecule has 0 aromatic carbocycles. The molecule has 1 aliphatic carbocycles. The molecule has 6 nitrogen and oxygen atoms in total. The molecule has 0 atom stereocenters.